The fourth-order valence-corrected chi connectivity index (χ4v) is 2.67. The molecule has 2 aromatic carbocycles. The fourth-order valence-electron chi connectivity index (χ4n) is 2.18. The number of carbonyl (C=O) groups is 1. The summed E-state index contributed by atoms with van der Waals surface area (Å²) in [4.78, 5) is 10.8. The first kappa shape index (κ1) is 12.0. The second kappa shape index (κ2) is 4.59. The molecule has 1 aliphatic rings. The van der Waals surface area contributed by atoms with E-state index < -0.39 is 6.09 Å². The number of anilines is 1. The number of halogens is 1. The fraction of sp³-hybridized carbons (Fsp3) is 0.0714. The number of carboxylic acid groups (broad SMARTS) is 1. The molecule has 0 saturated heterocycles. The van der Waals surface area contributed by atoms with E-state index in [2.05, 4.69) is 21.2 Å². The molecule has 19 heavy (non-hydrogen) atoms. The van der Waals surface area contributed by atoms with Gasteiger partial charge in [-0.25, -0.2) is 4.79 Å². The van der Waals surface area contributed by atoms with Crippen molar-refractivity contribution in [2.45, 2.75) is 6.42 Å². The molecular weight excluding hydrogens is 310 g/mol. The van der Waals surface area contributed by atoms with E-state index >= 15 is 0 Å². The first-order chi connectivity index (χ1) is 9.15. The van der Waals surface area contributed by atoms with Crippen LogP contribution in [0.1, 0.15) is 11.1 Å². The highest BCUT2D eigenvalue weighted by Gasteiger charge is 2.21. The number of para-hydroxylation sites is 1. The standard InChI is InChI=1S/C14H10BrNO3/c15-10-4-1-3-8-7-9-11(16-14(17)18)5-2-6-12(9)19-13(8)10/h1-6,16H,7H2,(H,17,18). The quantitative estimate of drug-likeness (QED) is 0.705. The molecule has 1 amide bonds. The molecule has 3 rings (SSSR count). The topological polar surface area (TPSA) is 58.6 Å². The molecular formula is C14H10BrNO3. The highest BCUT2D eigenvalue weighted by molar-refractivity contribution is 9.10. The van der Waals surface area contributed by atoms with Crippen LogP contribution in [0.15, 0.2) is 40.9 Å². The van der Waals surface area contributed by atoms with E-state index in [4.69, 9.17) is 9.84 Å². The Morgan fingerprint density at radius 1 is 1.26 bits per heavy atom. The summed E-state index contributed by atoms with van der Waals surface area (Å²) in [6.07, 6.45) is -0.436. The highest BCUT2D eigenvalue weighted by Crippen LogP contribution is 2.43. The Kier molecular flexibility index (Phi) is 2.91. The first-order valence-corrected chi connectivity index (χ1v) is 6.51. The zero-order valence-electron chi connectivity index (χ0n) is 9.81. The van der Waals surface area contributed by atoms with Crippen molar-refractivity contribution in [3.8, 4) is 11.5 Å². The Labute approximate surface area is 118 Å². The first-order valence-electron chi connectivity index (χ1n) is 5.72. The normalized spacial score (nSPS) is 12.1. The molecule has 2 N–H and O–H groups in total. The molecule has 5 heteroatoms. The highest BCUT2D eigenvalue weighted by atomic mass is 79.9. The van der Waals surface area contributed by atoms with Gasteiger partial charge in [0.05, 0.1) is 10.2 Å². The molecule has 0 saturated carbocycles. The number of benzene rings is 2. The van der Waals surface area contributed by atoms with Gasteiger partial charge in [-0.3, -0.25) is 5.32 Å². The van der Waals surface area contributed by atoms with Gasteiger partial charge in [0.2, 0.25) is 0 Å². The van der Waals surface area contributed by atoms with Gasteiger partial charge < -0.3 is 9.84 Å². The van der Waals surface area contributed by atoms with Crippen molar-refractivity contribution < 1.29 is 14.6 Å². The second-order valence-electron chi connectivity index (χ2n) is 4.22. The average Bonchev–Trinajstić information content (AvgIpc) is 2.37. The van der Waals surface area contributed by atoms with E-state index in [-0.39, 0.29) is 0 Å². The van der Waals surface area contributed by atoms with Crippen LogP contribution in [-0.2, 0) is 6.42 Å². The molecule has 0 unspecified atom stereocenters. The Morgan fingerprint density at radius 2 is 2.05 bits per heavy atom. The maximum absolute atomic E-state index is 10.8. The Hall–Kier alpha value is -2.01. The van der Waals surface area contributed by atoms with Crippen LogP contribution in [0.25, 0.3) is 0 Å². The lowest BCUT2D eigenvalue weighted by atomic mass is 9.99. The lowest BCUT2D eigenvalue weighted by Crippen LogP contribution is -2.12. The number of fused-ring (bicyclic) bond motifs is 2. The van der Waals surface area contributed by atoms with E-state index in [1.165, 1.54) is 0 Å². The van der Waals surface area contributed by atoms with Crippen LogP contribution in [0.2, 0.25) is 0 Å². The van der Waals surface area contributed by atoms with Crippen molar-refractivity contribution >= 4 is 27.7 Å². The molecule has 1 aliphatic heterocycles. The van der Waals surface area contributed by atoms with Crippen molar-refractivity contribution in [2.75, 3.05) is 5.32 Å². The summed E-state index contributed by atoms with van der Waals surface area (Å²) >= 11 is 3.46. The summed E-state index contributed by atoms with van der Waals surface area (Å²) in [5.74, 6) is 1.48. The van der Waals surface area contributed by atoms with Crippen LogP contribution in [0.5, 0.6) is 11.5 Å². The van der Waals surface area contributed by atoms with Crippen molar-refractivity contribution in [2.24, 2.45) is 0 Å². The number of hydrogen-bond donors (Lipinski definition) is 2. The number of hydrogen-bond acceptors (Lipinski definition) is 2. The van der Waals surface area contributed by atoms with Gasteiger partial charge in [-0.15, -0.1) is 0 Å². The van der Waals surface area contributed by atoms with Gasteiger partial charge in [-0.05, 0) is 34.1 Å². The van der Waals surface area contributed by atoms with Crippen LogP contribution in [0.3, 0.4) is 0 Å². The summed E-state index contributed by atoms with van der Waals surface area (Å²) in [7, 11) is 0. The number of ether oxygens (including phenoxy) is 1. The lowest BCUT2D eigenvalue weighted by Gasteiger charge is -2.23. The smallest absolute Gasteiger partial charge is 0.409 e. The summed E-state index contributed by atoms with van der Waals surface area (Å²) in [5, 5.41) is 11.3. The second-order valence-corrected chi connectivity index (χ2v) is 5.07. The third-order valence-corrected chi connectivity index (χ3v) is 3.63. The van der Waals surface area contributed by atoms with Gasteiger partial charge in [-0.2, -0.15) is 0 Å². The predicted octanol–water partition coefficient (Wildman–Crippen LogP) is 4.24. The van der Waals surface area contributed by atoms with Crippen molar-refractivity contribution in [3.05, 3.63) is 52.0 Å². The van der Waals surface area contributed by atoms with E-state index in [0.717, 1.165) is 21.3 Å². The van der Waals surface area contributed by atoms with Crippen molar-refractivity contribution in [1.82, 2.24) is 0 Å². The van der Waals surface area contributed by atoms with Crippen LogP contribution in [0, 0.1) is 0 Å². The van der Waals surface area contributed by atoms with Crippen LogP contribution in [0.4, 0.5) is 10.5 Å². The van der Waals surface area contributed by atoms with Gasteiger partial charge in [0.1, 0.15) is 11.5 Å². The largest absolute Gasteiger partial charge is 0.465 e. The van der Waals surface area contributed by atoms with E-state index in [9.17, 15) is 4.79 Å². The SMILES string of the molecule is O=C(O)Nc1cccc2c1Cc1cccc(Br)c1O2. The zero-order valence-corrected chi connectivity index (χ0v) is 11.4. The van der Waals surface area contributed by atoms with Crippen molar-refractivity contribution in [1.29, 1.82) is 0 Å². The third-order valence-electron chi connectivity index (χ3n) is 3.00. The Balaban J connectivity index is 2.07. The summed E-state index contributed by atoms with van der Waals surface area (Å²) in [6, 6.07) is 11.2. The van der Waals surface area contributed by atoms with Gasteiger partial charge in [0.25, 0.3) is 0 Å². The molecule has 4 nitrogen and oxygen atoms in total. The molecule has 0 fully saturated rings. The zero-order chi connectivity index (χ0) is 13.4. The van der Waals surface area contributed by atoms with Crippen LogP contribution in [-0.4, -0.2) is 11.2 Å². The molecule has 0 spiro atoms. The summed E-state index contributed by atoms with van der Waals surface area (Å²) < 4.78 is 6.75. The summed E-state index contributed by atoms with van der Waals surface area (Å²) in [6.45, 7) is 0. The maximum atomic E-state index is 10.8. The molecule has 0 atom stereocenters. The number of rotatable bonds is 1. The van der Waals surface area contributed by atoms with E-state index in [1.54, 1.807) is 12.1 Å². The molecule has 0 aromatic heterocycles. The minimum absolute atomic E-state index is 0.565. The minimum Gasteiger partial charge on any atom is -0.465 e. The third kappa shape index (κ3) is 2.17. The lowest BCUT2D eigenvalue weighted by molar-refractivity contribution is 0.209. The van der Waals surface area contributed by atoms with Crippen LogP contribution < -0.4 is 10.1 Å². The number of nitrogens with one attached hydrogen (secondary N) is 1. The van der Waals surface area contributed by atoms with Gasteiger partial charge in [-0.1, -0.05) is 18.2 Å². The number of amides is 1. The van der Waals surface area contributed by atoms with E-state index in [1.807, 2.05) is 24.3 Å². The summed E-state index contributed by atoms with van der Waals surface area (Å²) in [5.41, 5.74) is 2.45. The van der Waals surface area contributed by atoms with Crippen molar-refractivity contribution in [3.63, 3.8) is 0 Å². The molecule has 0 aliphatic carbocycles. The van der Waals surface area contributed by atoms with Crippen LogP contribution >= 0.6 is 15.9 Å². The Bertz CT molecular complexity index is 670. The van der Waals surface area contributed by atoms with Gasteiger partial charge >= 0.3 is 6.09 Å². The van der Waals surface area contributed by atoms with E-state index in [0.29, 0.717) is 17.9 Å². The van der Waals surface area contributed by atoms with Gasteiger partial charge in [0, 0.05) is 17.5 Å². The minimum atomic E-state index is -1.08. The Morgan fingerprint density at radius 3 is 2.84 bits per heavy atom. The average molecular weight is 320 g/mol. The molecule has 2 aromatic rings. The monoisotopic (exact) mass is 319 g/mol. The molecule has 0 radical (unpaired) electrons. The molecule has 96 valence electrons. The van der Waals surface area contributed by atoms with Gasteiger partial charge in [0.15, 0.2) is 0 Å². The molecule has 1 heterocycles. The predicted molar refractivity (Wildman–Crippen MR) is 75.1 cm³/mol. The maximum Gasteiger partial charge on any atom is 0.409 e. The molecule has 0 bridgehead atoms.